The molecule has 0 bridgehead atoms. The van der Waals surface area contributed by atoms with Gasteiger partial charge in [0.2, 0.25) is 5.89 Å². The topological polar surface area (TPSA) is 57.4 Å². The van der Waals surface area contributed by atoms with E-state index in [9.17, 15) is 4.39 Å². The molecule has 0 saturated carbocycles. The first kappa shape index (κ1) is 19.7. The zero-order valence-corrected chi connectivity index (χ0v) is 17.3. The van der Waals surface area contributed by atoms with Crippen LogP contribution < -0.4 is 9.47 Å². The molecule has 3 aromatic rings. The van der Waals surface area contributed by atoms with Crippen molar-refractivity contribution in [1.29, 1.82) is 0 Å². The van der Waals surface area contributed by atoms with Crippen molar-refractivity contribution in [2.24, 2.45) is 0 Å². The Balaban J connectivity index is 1.73. The zero-order valence-electron chi connectivity index (χ0n) is 14.9. The Morgan fingerprint density at radius 1 is 1.04 bits per heavy atom. The average Bonchev–Trinajstić information content (AvgIpc) is 3.13. The van der Waals surface area contributed by atoms with Crippen molar-refractivity contribution in [3.8, 4) is 23.0 Å². The zero-order chi connectivity index (χ0) is 19.2. The van der Waals surface area contributed by atoms with Gasteiger partial charge in [-0.3, -0.25) is 0 Å². The predicted octanol–water partition coefficient (Wildman–Crippen LogP) is 5.73. The molecule has 0 unspecified atom stereocenters. The molecule has 142 valence electrons. The van der Waals surface area contributed by atoms with Gasteiger partial charge in [0.15, 0.2) is 11.5 Å². The van der Waals surface area contributed by atoms with Crippen molar-refractivity contribution in [3.63, 3.8) is 0 Å². The van der Waals surface area contributed by atoms with Gasteiger partial charge in [0.25, 0.3) is 5.22 Å². The lowest BCUT2D eigenvalue weighted by molar-refractivity contribution is 0.287. The molecule has 3 rings (SSSR count). The fourth-order valence-corrected chi connectivity index (χ4v) is 3.74. The first-order valence-corrected chi connectivity index (χ1v) is 10.2. The lowest BCUT2D eigenvalue weighted by atomic mass is 10.2. The molecular formula is C19H18BrFN2O3S. The van der Waals surface area contributed by atoms with Gasteiger partial charge in [-0.2, -0.15) is 0 Å². The van der Waals surface area contributed by atoms with Crippen LogP contribution in [0.3, 0.4) is 0 Å². The molecular weight excluding hydrogens is 435 g/mol. The van der Waals surface area contributed by atoms with Crippen molar-refractivity contribution in [2.45, 2.75) is 24.8 Å². The monoisotopic (exact) mass is 452 g/mol. The van der Waals surface area contributed by atoms with Gasteiger partial charge in [-0.05, 0) is 55.8 Å². The minimum absolute atomic E-state index is 0.307. The van der Waals surface area contributed by atoms with E-state index in [0.29, 0.717) is 47.1 Å². The number of halogens is 2. The summed E-state index contributed by atoms with van der Waals surface area (Å²) in [7, 11) is 0. The van der Waals surface area contributed by atoms with Gasteiger partial charge in [0, 0.05) is 15.8 Å². The van der Waals surface area contributed by atoms with Crippen LogP contribution in [0.15, 0.2) is 50.5 Å². The minimum atomic E-state index is -0.307. The van der Waals surface area contributed by atoms with Crippen LogP contribution in [0, 0.1) is 5.82 Å². The molecule has 0 amide bonds. The van der Waals surface area contributed by atoms with Crippen LogP contribution >= 0.6 is 27.7 Å². The molecule has 0 saturated heterocycles. The van der Waals surface area contributed by atoms with Crippen LogP contribution in [-0.2, 0) is 5.75 Å². The Kier molecular flexibility index (Phi) is 6.73. The van der Waals surface area contributed by atoms with E-state index in [2.05, 4.69) is 26.1 Å². The second kappa shape index (κ2) is 9.23. The van der Waals surface area contributed by atoms with Crippen LogP contribution in [0.25, 0.3) is 11.5 Å². The lowest BCUT2D eigenvalue weighted by Crippen LogP contribution is -1.99. The molecule has 5 nitrogen and oxygen atoms in total. The van der Waals surface area contributed by atoms with Gasteiger partial charge in [0.1, 0.15) is 5.82 Å². The van der Waals surface area contributed by atoms with Crippen molar-refractivity contribution in [2.75, 3.05) is 13.2 Å². The smallest absolute Gasteiger partial charge is 0.277 e. The summed E-state index contributed by atoms with van der Waals surface area (Å²) in [4.78, 5) is 0. The second-order valence-corrected chi connectivity index (χ2v) is 7.21. The van der Waals surface area contributed by atoms with Crippen LogP contribution in [0.4, 0.5) is 4.39 Å². The molecule has 0 aliphatic rings. The first-order valence-electron chi connectivity index (χ1n) is 8.41. The van der Waals surface area contributed by atoms with Crippen molar-refractivity contribution >= 4 is 27.7 Å². The van der Waals surface area contributed by atoms with Crippen molar-refractivity contribution in [3.05, 3.63) is 52.3 Å². The van der Waals surface area contributed by atoms with Gasteiger partial charge in [-0.15, -0.1) is 10.2 Å². The Morgan fingerprint density at radius 3 is 2.37 bits per heavy atom. The van der Waals surface area contributed by atoms with Crippen LogP contribution in [0.1, 0.15) is 19.4 Å². The predicted molar refractivity (Wildman–Crippen MR) is 106 cm³/mol. The third-order valence-corrected chi connectivity index (χ3v) is 5.17. The highest BCUT2D eigenvalue weighted by Gasteiger charge is 2.14. The summed E-state index contributed by atoms with van der Waals surface area (Å²) >= 11 is 4.99. The summed E-state index contributed by atoms with van der Waals surface area (Å²) in [5.41, 5.74) is 1.70. The number of rotatable bonds is 8. The molecule has 0 N–H and O–H groups in total. The molecule has 0 spiro atoms. The fraction of sp³-hybridized carbons (Fsp3) is 0.263. The number of thioether (sulfide) groups is 1. The number of ether oxygens (including phenoxy) is 2. The SMILES string of the molecule is CCOc1cc(Br)c(CSc2nnc(-c3ccc(F)cc3)o2)cc1OCC. The Morgan fingerprint density at radius 2 is 1.70 bits per heavy atom. The number of hydrogen-bond acceptors (Lipinski definition) is 6. The molecule has 0 radical (unpaired) electrons. The summed E-state index contributed by atoms with van der Waals surface area (Å²) < 4.78 is 30.9. The van der Waals surface area contributed by atoms with Crippen molar-refractivity contribution in [1.82, 2.24) is 10.2 Å². The number of aromatic nitrogens is 2. The molecule has 0 aliphatic heterocycles. The van der Waals surface area contributed by atoms with E-state index >= 15 is 0 Å². The Labute approximate surface area is 169 Å². The highest BCUT2D eigenvalue weighted by atomic mass is 79.9. The highest BCUT2D eigenvalue weighted by molar-refractivity contribution is 9.10. The summed E-state index contributed by atoms with van der Waals surface area (Å²) in [6.45, 7) is 4.98. The first-order chi connectivity index (χ1) is 13.1. The summed E-state index contributed by atoms with van der Waals surface area (Å²) in [5.74, 6) is 2.07. The molecule has 2 aromatic carbocycles. The van der Waals surface area contributed by atoms with E-state index < -0.39 is 0 Å². The quantitative estimate of drug-likeness (QED) is 0.406. The van der Waals surface area contributed by atoms with Gasteiger partial charge in [-0.1, -0.05) is 27.7 Å². The van der Waals surface area contributed by atoms with E-state index in [1.807, 2.05) is 26.0 Å². The van der Waals surface area contributed by atoms with Crippen LogP contribution in [-0.4, -0.2) is 23.4 Å². The van der Waals surface area contributed by atoms with Gasteiger partial charge >= 0.3 is 0 Å². The average molecular weight is 453 g/mol. The Hall–Kier alpha value is -2.06. The normalized spacial score (nSPS) is 10.8. The second-order valence-electron chi connectivity index (χ2n) is 5.43. The molecule has 1 heterocycles. The molecule has 0 atom stereocenters. The van der Waals surface area contributed by atoms with Crippen LogP contribution in [0.2, 0.25) is 0 Å². The van der Waals surface area contributed by atoms with E-state index in [-0.39, 0.29) is 5.82 Å². The number of nitrogens with zero attached hydrogens (tertiary/aromatic N) is 2. The Bertz CT molecular complexity index is 902. The van der Waals surface area contributed by atoms with Gasteiger partial charge in [-0.25, -0.2) is 4.39 Å². The number of benzene rings is 2. The molecule has 0 fully saturated rings. The summed E-state index contributed by atoms with van der Waals surface area (Å²) in [5, 5.41) is 8.50. The molecule has 8 heteroatoms. The lowest BCUT2D eigenvalue weighted by Gasteiger charge is -2.13. The summed E-state index contributed by atoms with van der Waals surface area (Å²) in [6.07, 6.45) is 0. The van der Waals surface area contributed by atoms with E-state index in [1.165, 1.54) is 23.9 Å². The minimum Gasteiger partial charge on any atom is -0.490 e. The standard InChI is InChI=1S/C19H18BrFN2O3S/c1-3-24-16-9-13(15(20)10-17(16)25-4-2)11-27-19-23-22-18(26-19)12-5-7-14(21)8-6-12/h5-10H,3-4,11H2,1-2H3. The molecule has 1 aromatic heterocycles. The molecule has 27 heavy (non-hydrogen) atoms. The molecule has 0 aliphatic carbocycles. The fourth-order valence-electron chi connectivity index (χ4n) is 2.34. The van der Waals surface area contributed by atoms with E-state index in [1.54, 1.807) is 12.1 Å². The third kappa shape index (κ3) is 5.01. The summed E-state index contributed by atoms with van der Waals surface area (Å²) in [6, 6.07) is 9.78. The van der Waals surface area contributed by atoms with Crippen LogP contribution in [0.5, 0.6) is 11.5 Å². The number of hydrogen-bond donors (Lipinski definition) is 0. The maximum atomic E-state index is 13.0. The van der Waals surface area contributed by atoms with E-state index in [0.717, 1.165) is 10.0 Å². The largest absolute Gasteiger partial charge is 0.490 e. The van der Waals surface area contributed by atoms with Gasteiger partial charge < -0.3 is 13.9 Å². The van der Waals surface area contributed by atoms with E-state index in [4.69, 9.17) is 13.9 Å². The maximum Gasteiger partial charge on any atom is 0.277 e. The highest BCUT2D eigenvalue weighted by Crippen LogP contribution is 2.36. The van der Waals surface area contributed by atoms with Gasteiger partial charge in [0.05, 0.1) is 13.2 Å². The third-order valence-electron chi connectivity index (χ3n) is 3.56. The van der Waals surface area contributed by atoms with Crippen molar-refractivity contribution < 1.29 is 18.3 Å². The maximum absolute atomic E-state index is 13.0.